The van der Waals surface area contributed by atoms with E-state index in [4.69, 9.17) is 4.74 Å². The number of benzene rings is 1. The third kappa shape index (κ3) is 6.03. The van der Waals surface area contributed by atoms with E-state index in [0.717, 1.165) is 40.8 Å². The summed E-state index contributed by atoms with van der Waals surface area (Å²) in [5, 5.41) is 3.04. The minimum Gasteiger partial charge on any atom is -0.461 e. The zero-order valence-corrected chi connectivity index (χ0v) is 20.1. The van der Waals surface area contributed by atoms with Gasteiger partial charge in [0.15, 0.2) is 0 Å². The van der Waals surface area contributed by atoms with Crippen LogP contribution in [-0.2, 0) is 27.3 Å². The van der Waals surface area contributed by atoms with Crippen LogP contribution in [0.25, 0.3) is 0 Å². The quantitative estimate of drug-likeness (QED) is 0.598. The number of aromatic nitrogens is 1. The number of piperidine rings is 1. The molecule has 1 fully saturated rings. The van der Waals surface area contributed by atoms with Gasteiger partial charge in [-0.15, -0.1) is 0 Å². The topological polar surface area (TPSA) is 91.5 Å². The van der Waals surface area contributed by atoms with E-state index >= 15 is 0 Å². The lowest BCUT2D eigenvalue weighted by molar-refractivity contribution is -0.135. The van der Waals surface area contributed by atoms with Gasteiger partial charge in [0.25, 0.3) is 0 Å². The molecule has 3 rings (SSSR count). The Labute approximate surface area is 195 Å². The highest BCUT2D eigenvalue weighted by atomic mass is 16.5. The summed E-state index contributed by atoms with van der Waals surface area (Å²) in [6.45, 7) is 9.56. The maximum atomic E-state index is 12.9. The van der Waals surface area contributed by atoms with Crippen molar-refractivity contribution in [3.63, 3.8) is 0 Å². The van der Waals surface area contributed by atoms with Crippen molar-refractivity contribution in [2.45, 2.75) is 59.9 Å². The first-order valence-corrected chi connectivity index (χ1v) is 11.8. The Balaban J connectivity index is 1.54. The molecule has 2 heterocycles. The van der Waals surface area contributed by atoms with Crippen LogP contribution in [0.1, 0.15) is 64.6 Å². The Bertz CT molecular complexity index is 1010. The molecule has 1 unspecified atom stereocenters. The monoisotopic (exact) mass is 453 g/mol. The molecule has 0 bridgehead atoms. The van der Waals surface area contributed by atoms with Crippen LogP contribution >= 0.6 is 0 Å². The predicted molar refractivity (Wildman–Crippen MR) is 127 cm³/mol. The zero-order valence-electron chi connectivity index (χ0n) is 20.1. The molecule has 0 spiro atoms. The van der Waals surface area contributed by atoms with Crippen LogP contribution in [-0.4, -0.2) is 47.4 Å². The van der Waals surface area contributed by atoms with Crippen LogP contribution in [0.5, 0.6) is 0 Å². The number of nitrogens with zero attached hydrogens (tertiary/aromatic N) is 1. The minimum atomic E-state index is -0.369. The van der Waals surface area contributed by atoms with Crippen molar-refractivity contribution in [2.75, 3.05) is 19.7 Å². The summed E-state index contributed by atoms with van der Waals surface area (Å²) in [4.78, 5) is 42.7. The molecule has 1 aromatic heterocycles. The van der Waals surface area contributed by atoms with Crippen molar-refractivity contribution in [1.82, 2.24) is 15.2 Å². The highest BCUT2D eigenvalue weighted by Gasteiger charge is 2.28. The molecule has 0 radical (unpaired) electrons. The number of hydrogen-bond acceptors (Lipinski definition) is 4. The third-order valence-corrected chi connectivity index (χ3v) is 6.52. The SMILES string of the molecule is CCOC(=O)c1[nH]c(C)c(CCC(=O)N2CCCC(C(=O)NCc3ccccc3C)C2)c1C. The van der Waals surface area contributed by atoms with Gasteiger partial charge in [-0.3, -0.25) is 9.59 Å². The Hall–Kier alpha value is -3.09. The number of hydrogen-bond donors (Lipinski definition) is 2. The van der Waals surface area contributed by atoms with E-state index in [1.54, 1.807) is 6.92 Å². The average Bonchev–Trinajstić information content (AvgIpc) is 3.10. The number of carbonyl (C=O) groups is 3. The first-order valence-electron chi connectivity index (χ1n) is 11.8. The lowest BCUT2D eigenvalue weighted by Crippen LogP contribution is -2.45. The number of nitrogens with one attached hydrogen (secondary N) is 2. The van der Waals surface area contributed by atoms with Crippen molar-refractivity contribution >= 4 is 17.8 Å². The number of H-pyrrole nitrogens is 1. The van der Waals surface area contributed by atoms with E-state index in [9.17, 15) is 14.4 Å². The number of likely N-dealkylation sites (tertiary alicyclic amines) is 1. The fourth-order valence-corrected chi connectivity index (χ4v) is 4.51. The average molecular weight is 454 g/mol. The highest BCUT2D eigenvalue weighted by Crippen LogP contribution is 2.22. The molecule has 178 valence electrons. The normalized spacial score (nSPS) is 15.9. The van der Waals surface area contributed by atoms with Gasteiger partial charge in [-0.25, -0.2) is 4.79 Å². The molecule has 1 atom stereocenters. The van der Waals surface area contributed by atoms with Crippen LogP contribution in [0.15, 0.2) is 24.3 Å². The van der Waals surface area contributed by atoms with Gasteiger partial charge in [0.2, 0.25) is 11.8 Å². The number of rotatable bonds is 8. The minimum absolute atomic E-state index is 0.00662. The second-order valence-corrected chi connectivity index (χ2v) is 8.77. The molecule has 1 aliphatic heterocycles. The summed E-state index contributed by atoms with van der Waals surface area (Å²) in [5.74, 6) is -0.500. The molecule has 33 heavy (non-hydrogen) atoms. The number of ether oxygens (including phenoxy) is 1. The summed E-state index contributed by atoms with van der Waals surface area (Å²) >= 11 is 0. The van der Waals surface area contributed by atoms with Gasteiger partial charge in [-0.05, 0) is 69.2 Å². The summed E-state index contributed by atoms with van der Waals surface area (Å²) in [7, 11) is 0. The van der Waals surface area contributed by atoms with E-state index in [1.165, 1.54) is 0 Å². The summed E-state index contributed by atoms with van der Waals surface area (Å²) in [6, 6.07) is 8.01. The molecule has 1 aliphatic rings. The number of carbonyl (C=O) groups excluding carboxylic acids is 3. The molecule has 7 heteroatoms. The van der Waals surface area contributed by atoms with E-state index < -0.39 is 0 Å². The highest BCUT2D eigenvalue weighted by molar-refractivity contribution is 5.90. The third-order valence-electron chi connectivity index (χ3n) is 6.52. The molecule has 2 amide bonds. The van der Waals surface area contributed by atoms with Crippen molar-refractivity contribution in [1.29, 1.82) is 0 Å². The van der Waals surface area contributed by atoms with E-state index in [1.807, 2.05) is 49.9 Å². The zero-order chi connectivity index (χ0) is 24.0. The van der Waals surface area contributed by atoms with E-state index in [0.29, 0.717) is 44.8 Å². The van der Waals surface area contributed by atoms with E-state index in [2.05, 4.69) is 10.3 Å². The Kier molecular flexibility index (Phi) is 8.31. The van der Waals surface area contributed by atoms with Crippen LogP contribution in [0.2, 0.25) is 0 Å². The predicted octanol–water partition coefficient (Wildman–Crippen LogP) is 3.60. The Morgan fingerprint density at radius 3 is 2.67 bits per heavy atom. The van der Waals surface area contributed by atoms with Crippen LogP contribution < -0.4 is 5.32 Å². The van der Waals surface area contributed by atoms with Crippen molar-refractivity contribution in [3.05, 3.63) is 57.9 Å². The van der Waals surface area contributed by atoms with Crippen molar-refractivity contribution < 1.29 is 19.1 Å². The van der Waals surface area contributed by atoms with Crippen molar-refractivity contribution in [2.24, 2.45) is 5.92 Å². The molecule has 1 aromatic carbocycles. The Morgan fingerprint density at radius 1 is 1.18 bits per heavy atom. The molecule has 1 saturated heterocycles. The first-order chi connectivity index (χ1) is 15.8. The lowest BCUT2D eigenvalue weighted by atomic mass is 9.96. The van der Waals surface area contributed by atoms with Gasteiger partial charge in [0.05, 0.1) is 12.5 Å². The van der Waals surface area contributed by atoms with Crippen LogP contribution in [0.4, 0.5) is 0 Å². The molecule has 7 nitrogen and oxygen atoms in total. The van der Waals surface area contributed by atoms with Gasteiger partial charge in [-0.1, -0.05) is 24.3 Å². The lowest BCUT2D eigenvalue weighted by Gasteiger charge is -2.32. The Morgan fingerprint density at radius 2 is 1.94 bits per heavy atom. The van der Waals surface area contributed by atoms with Gasteiger partial charge < -0.3 is 19.9 Å². The maximum absolute atomic E-state index is 12.9. The molecule has 0 aliphatic carbocycles. The van der Waals surface area contributed by atoms with Crippen molar-refractivity contribution in [3.8, 4) is 0 Å². The molecule has 0 saturated carbocycles. The van der Waals surface area contributed by atoms with Crippen LogP contribution in [0.3, 0.4) is 0 Å². The van der Waals surface area contributed by atoms with E-state index in [-0.39, 0.29) is 23.7 Å². The number of esters is 1. The second-order valence-electron chi connectivity index (χ2n) is 8.77. The fraction of sp³-hybridized carbons (Fsp3) is 0.500. The summed E-state index contributed by atoms with van der Waals surface area (Å²) in [6.07, 6.45) is 2.51. The van der Waals surface area contributed by atoms with Gasteiger partial charge in [0.1, 0.15) is 5.69 Å². The summed E-state index contributed by atoms with van der Waals surface area (Å²) < 4.78 is 5.10. The standard InChI is InChI=1S/C26H35N3O4/c1-5-33-26(32)24-18(3)22(19(4)28-24)12-13-23(30)29-14-8-11-21(16-29)25(31)27-15-20-10-7-6-9-17(20)2/h6-7,9-10,21,28H,5,8,11-16H2,1-4H3,(H,27,31). The van der Waals surface area contributed by atoms with Crippen LogP contribution in [0, 0.1) is 26.7 Å². The first kappa shape index (κ1) is 24.6. The smallest absolute Gasteiger partial charge is 0.355 e. The molecule has 2 aromatic rings. The fourth-order valence-electron chi connectivity index (χ4n) is 4.51. The molecular weight excluding hydrogens is 418 g/mol. The number of aromatic amines is 1. The second kappa shape index (κ2) is 11.2. The largest absolute Gasteiger partial charge is 0.461 e. The number of aryl methyl sites for hydroxylation is 2. The molecule has 2 N–H and O–H groups in total. The summed E-state index contributed by atoms with van der Waals surface area (Å²) in [5.41, 5.74) is 5.42. The van der Waals surface area contributed by atoms with Gasteiger partial charge in [-0.2, -0.15) is 0 Å². The van der Waals surface area contributed by atoms with Gasteiger partial charge >= 0.3 is 5.97 Å². The number of amides is 2. The maximum Gasteiger partial charge on any atom is 0.355 e. The molecular formula is C26H35N3O4. The van der Waals surface area contributed by atoms with Gasteiger partial charge in [0, 0.05) is 31.7 Å².